The van der Waals surface area contributed by atoms with Gasteiger partial charge in [0, 0.05) is 19.0 Å². The molecule has 0 aliphatic rings. The van der Waals surface area contributed by atoms with E-state index in [0.717, 1.165) is 16.8 Å². The average molecular weight is 466 g/mol. The van der Waals surface area contributed by atoms with E-state index in [9.17, 15) is 13.6 Å². The molecule has 1 radical (unpaired) electrons. The number of hydrogen-bond acceptors (Lipinski definition) is 4. The Kier molecular flexibility index (Phi) is 5.79. The van der Waals surface area contributed by atoms with Crippen molar-refractivity contribution in [2.45, 2.75) is 12.8 Å². The van der Waals surface area contributed by atoms with Crippen LogP contribution in [-0.4, -0.2) is 14.3 Å². The van der Waals surface area contributed by atoms with Gasteiger partial charge in [0.1, 0.15) is 11.6 Å². The number of alkyl halides is 2. The van der Waals surface area contributed by atoms with Crippen molar-refractivity contribution in [2.24, 2.45) is 7.05 Å². The third-order valence-electron chi connectivity index (χ3n) is 4.14. The predicted molar refractivity (Wildman–Crippen MR) is 101 cm³/mol. The summed E-state index contributed by atoms with van der Waals surface area (Å²) in [6.07, 6.45) is -2.84. The highest BCUT2D eigenvalue weighted by atomic mass is 79.9. The minimum Gasteiger partial charge on any atom is -0.453 e. The van der Waals surface area contributed by atoms with Crippen LogP contribution in [0.1, 0.15) is 28.9 Å². The average Bonchev–Trinajstić information content (AvgIpc) is 2.93. The van der Waals surface area contributed by atoms with Crippen molar-refractivity contribution in [2.75, 3.05) is 0 Å². The largest absolute Gasteiger partial charge is 0.453 e. The van der Waals surface area contributed by atoms with Gasteiger partial charge in [0.25, 0.3) is 6.43 Å². The molecule has 0 spiro atoms. The Morgan fingerprint density at radius 3 is 2.66 bits per heavy atom. The zero-order valence-corrected chi connectivity index (χ0v) is 16.6. The lowest BCUT2D eigenvalue weighted by Gasteiger charge is -2.13. The molecule has 149 valence electrons. The molecular formula is C19H13BrF3N4O2. The van der Waals surface area contributed by atoms with Crippen LogP contribution in [0.15, 0.2) is 39.6 Å². The summed E-state index contributed by atoms with van der Waals surface area (Å²) in [4.78, 5) is 11.8. The minimum absolute atomic E-state index is 0.0236. The fraction of sp³-hybridized carbons (Fsp3) is 0.158. The van der Waals surface area contributed by atoms with Crippen molar-refractivity contribution in [1.29, 1.82) is 5.26 Å². The van der Waals surface area contributed by atoms with Crippen molar-refractivity contribution >= 4 is 15.9 Å². The molecule has 0 aliphatic heterocycles. The number of rotatable bonds is 5. The summed E-state index contributed by atoms with van der Waals surface area (Å²) in [5, 5.41) is 13.0. The van der Waals surface area contributed by atoms with Crippen LogP contribution in [0.5, 0.6) is 11.5 Å². The first kappa shape index (κ1) is 20.7. The molecule has 0 aliphatic carbocycles. The van der Waals surface area contributed by atoms with Crippen LogP contribution in [0.4, 0.5) is 13.2 Å². The fourth-order valence-electron chi connectivity index (χ4n) is 2.65. The molecule has 0 unspecified atom stereocenters. The SMILES string of the molecule is [CH2]n1nc(Cc2ccc(Br)c(Oc3cc(C#N)cc(C(F)F)c3)c2F)n(C)c1=O. The second-order valence-corrected chi connectivity index (χ2v) is 6.94. The summed E-state index contributed by atoms with van der Waals surface area (Å²) >= 11 is 3.17. The highest BCUT2D eigenvalue weighted by Gasteiger charge is 2.19. The van der Waals surface area contributed by atoms with Gasteiger partial charge in [-0.3, -0.25) is 4.57 Å². The van der Waals surface area contributed by atoms with E-state index in [-0.39, 0.29) is 39.3 Å². The quantitative estimate of drug-likeness (QED) is 0.562. The van der Waals surface area contributed by atoms with Crippen molar-refractivity contribution in [3.8, 4) is 17.6 Å². The third kappa shape index (κ3) is 4.19. The number of nitrogens with zero attached hydrogens (tertiary/aromatic N) is 4. The lowest BCUT2D eigenvalue weighted by Crippen LogP contribution is -2.19. The zero-order chi connectivity index (χ0) is 21.3. The Bertz CT molecular complexity index is 1180. The number of ether oxygens (including phenoxy) is 1. The minimum atomic E-state index is -2.82. The molecule has 0 atom stereocenters. The van der Waals surface area contributed by atoms with Gasteiger partial charge in [-0.25, -0.2) is 22.6 Å². The molecule has 3 rings (SSSR count). The molecule has 29 heavy (non-hydrogen) atoms. The van der Waals surface area contributed by atoms with E-state index in [1.165, 1.54) is 29.8 Å². The van der Waals surface area contributed by atoms with Crippen LogP contribution in [0.3, 0.4) is 0 Å². The molecule has 0 saturated carbocycles. The van der Waals surface area contributed by atoms with E-state index in [0.29, 0.717) is 0 Å². The molecule has 3 aromatic rings. The van der Waals surface area contributed by atoms with E-state index < -0.39 is 23.5 Å². The second-order valence-electron chi connectivity index (χ2n) is 6.09. The standard InChI is InChI=1S/C19H13BrF3N4O2/c1-26-15(25-27(2)19(26)28)8-11-3-4-14(20)17(16(11)21)29-13-6-10(9-24)5-12(7-13)18(22)23/h3-7,18H,2,8H2,1H3. The normalized spacial score (nSPS) is 11.0. The van der Waals surface area contributed by atoms with Crippen LogP contribution >= 0.6 is 15.9 Å². The Morgan fingerprint density at radius 1 is 1.34 bits per heavy atom. The summed E-state index contributed by atoms with van der Waals surface area (Å²) < 4.78 is 49.1. The summed E-state index contributed by atoms with van der Waals surface area (Å²) in [6.45, 7) is 0. The summed E-state index contributed by atoms with van der Waals surface area (Å²) in [5.74, 6) is -0.822. The van der Waals surface area contributed by atoms with E-state index in [1.54, 1.807) is 6.07 Å². The van der Waals surface area contributed by atoms with Gasteiger partial charge in [0.15, 0.2) is 11.6 Å². The first-order valence-electron chi connectivity index (χ1n) is 8.15. The topological polar surface area (TPSA) is 72.8 Å². The molecular weight excluding hydrogens is 453 g/mol. The van der Waals surface area contributed by atoms with Gasteiger partial charge in [-0.2, -0.15) is 10.4 Å². The molecule has 0 saturated heterocycles. The van der Waals surface area contributed by atoms with Crippen molar-refractivity contribution in [3.05, 3.63) is 80.7 Å². The van der Waals surface area contributed by atoms with E-state index in [1.807, 2.05) is 0 Å². The third-order valence-corrected chi connectivity index (χ3v) is 4.76. The second kappa shape index (κ2) is 8.13. The van der Waals surface area contributed by atoms with E-state index in [4.69, 9.17) is 10.00 Å². The molecule has 0 bridgehead atoms. The van der Waals surface area contributed by atoms with E-state index in [2.05, 4.69) is 28.1 Å². The summed E-state index contributed by atoms with van der Waals surface area (Å²) in [6, 6.07) is 8.08. The molecule has 1 aromatic heterocycles. The van der Waals surface area contributed by atoms with Crippen LogP contribution in [0, 0.1) is 24.2 Å². The monoisotopic (exact) mass is 465 g/mol. The van der Waals surface area contributed by atoms with Gasteiger partial charge >= 0.3 is 5.69 Å². The first-order chi connectivity index (χ1) is 13.7. The summed E-state index contributed by atoms with van der Waals surface area (Å²) in [7, 11) is 4.94. The van der Waals surface area contributed by atoms with Gasteiger partial charge in [-0.05, 0) is 45.8 Å². The number of benzene rings is 2. The molecule has 2 aromatic carbocycles. The Hall–Kier alpha value is -3.06. The van der Waals surface area contributed by atoms with Crippen molar-refractivity contribution < 1.29 is 17.9 Å². The van der Waals surface area contributed by atoms with Crippen LogP contribution in [0.2, 0.25) is 0 Å². The fourth-order valence-corrected chi connectivity index (χ4v) is 3.04. The smallest absolute Gasteiger partial charge is 0.345 e. The molecule has 6 nitrogen and oxygen atoms in total. The maximum Gasteiger partial charge on any atom is 0.345 e. The zero-order valence-electron chi connectivity index (χ0n) is 15.0. The van der Waals surface area contributed by atoms with Crippen LogP contribution in [-0.2, 0) is 13.5 Å². The van der Waals surface area contributed by atoms with Crippen molar-refractivity contribution in [1.82, 2.24) is 14.3 Å². The number of aromatic nitrogens is 3. The first-order valence-corrected chi connectivity index (χ1v) is 8.94. The Labute approximate surface area is 171 Å². The molecule has 1 heterocycles. The molecule has 0 N–H and O–H groups in total. The maximum absolute atomic E-state index is 15.1. The lowest BCUT2D eigenvalue weighted by atomic mass is 10.1. The van der Waals surface area contributed by atoms with Crippen molar-refractivity contribution in [3.63, 3.8) is 0 Å². The molecule has 0 fully saturated rings. The molecule has 0 amide bonds. The van der Waals surface area contributed by atoms with E-state index >= 15 is 4.39 Å². The molecule has 10 heteroatoms. The van der Waals surface area contributed by atoms with Gasteiger partial charge in [-0.15, -0.1) is 0 Å². The number of hydrogen-bond donors (Lipinski definition) is 0. The van der Waals surface area contributed by atoms with Gasteiger partial charge in [0.2, 0.25) is 0 Å². The highest BCUT2D eigenvalue weighted by molar-refractivity contribution is 9.10. The Balaban J connectivity index is 2.00. The number of halogens is 4. The Morgan fingerprint density at radius 2 is 2.07 bits per heavy atom. The predicted octanol–water partition coefficient (Wildman–Crippen LogP) is 4.32. The highest BCUT2D eigenvalue weighted by Crippen LogP contribution is 2.36. The number of nitriles is 1. The van der Waals surface area contributed by atoms with Gasteiger partial charge < -0.3 is 4.74 Å². The van der Waals surface area contributed by atoms with Gasteiger partial charge in [0.05, 0.1) is 23.2 Å². The van der Waals surface area contributed by atoms with Gasteiger partial charge in [-0.1, -0.05) is 6.07 Å². The maximum atomic E-state index is 15.1. The summed E-state index contributed by atoms with van der Waals surface area (Å²) in [5.41, 5.74) is -0.742. The van der Waals surface area contributed by atoms with Crippen LogP contribution in [0.25, 0.3) is 0 Å². The lowest BCUT2D eigenvalue weighted by molar-refractivity contribution is 0.151. The van der Waals surface area contributed by atoms with Crippen LogP contribution < -0.4 is 10.4 Å².